The van der Waals surface area contributed by atoms with E-state index in [1.54, 1.807) is 0 Å². The highest BCUT2D eigenvalue weighted by Crippen LogP contribution is 2.29. The highest BCUT2D eigenvalue weighted by atomic mass is 35.5. The molecule has 0 saturated heterocycles. The quantitative estimate of drug-likeness (QED) is 0.497. The van der Waals surface area contributed by atoms with Crippen LogP contribution in [0.3, 0.4) is 0 Å². The van der Waals surface area contributed by atoms with Crippen molar-refractivity contribution in [2.75, 3.05) is 0 Å². The molecule has 2 unspecified atom stereocenters. The van der Waals surface area contributed by atoms with Gasteiger partial charge in [0, 0.05) is 5.38 Å². The average Bonchev–Trinajstić information content (AvgIpc) is 1.88. The Morgan fingerprint density at radius 3 is 2.67 bits per heavy atom. The number of hydrogen-bond acceptors (Lipinski definition) is 0. The number of halogens is 1. The molecule has 0 N–H and O–H groups in total. The highest BCUT2D eigenvalue weighted by molar-refractivity contribution is 6.20. The van der Waals surface area contributed by atoms with E-state index in [1.165, 1.54) is 19.3 Å². The Hall–Kier alpha value is 0.290. The van der Waals surface area contributed by atoms with Gasteiger partial charge in [-0.2, -0.15) is 0 Å². The van der Waals surface area contributed by atoms with Gasteiger partial charge in [-0.15, -0.1) is 11.6 Å². The summed E-state index contributed by atoms with van der Waals surface area (Å²) >= 11 is 5.93. The maximum absolute atomic E-state index is 5.93. The summed E-state index contributed by atoms with van der Waals surface area (Å²) in [5.41, 5.74) is 0. The molecule has 0 aromatic heterocycles. The third-order valence-electron chi connectivity index (χ3n) is 2.05. The van der Waals surface area contributed by atoms with Gasteiger partial charge in [-0.05, 0) is 32.1 Å². The van der Waals surface area contributed by atoms with E-state index in [9.17, 15) is 0 Å². The fourth-order valence-electron chi connectivity index (χ4n) is 1.44. The van der Waals surface area contributed by atoms with Crippen LogP contribution >= 0.6 is 11.6 Å². The van der Waals surface area contributed by atoms with Gasteiger partial charge in [-0.25, -0.2) is 0 Å². The van der Waals surface area contributed by atoms with Crippen LogP contribution < -0.4 is 0 Å². The van der Waals surface area contributed by atoms with Crippen molar-refractivity contribution in [2.45, 2.75) is 37.5 Å². The Balaban J connectivity index is 2.23. The molecule has 1 aliphatic carbocycles. The summed E-state index contributed by atoms with van der Waals surface area (Å²) in [4.78, 5) is 0. The fraction of sp³-hybridized carbons (Fsp3) is 0.875. The van der Waals surface area contributed by atoms with Crippen LogP contribution in [0.5, 0.6) is 0 Å². The Morgan fingerprint density at radius 2 is 2.22 bits per heavy atom. The van der Waals surface area contributed by atoms with Crippen molar-refractivity contribution in [3.8, 4) is 0 Å². The van der Waals surface area contributed by atoms with Gasteiger partial charge in [0.2, 0.25) is 0 Å². The summed E-state index contributed by atoms with van der Waals surface area (Å²) in [5.74, 6) is 0.709. The lowest BCUT2D eigenvalue weighted by Gasteiger charge is -2.23. The molecular weight excluding hydrogens is 132 g/mol. The summed E-state index contributed by atoms with van der Waals surface area (Å²) in [6.07, 6.45) is 5.72. The second kappa shape index (κ2) is 3.46. The summed E-state index contributed by atoms with van der Waals surface area (Å²) < 4.78 is 0. The van der Waals surface area contributed by atoms with Crippen molar-refractivity contribution >= 4 is 11.6 Å². The average molecular weight is 145 g/mol. The standard InChI is InChI=1S/C8H13Cl/c1-2-7-4-3-5-8(9)6-7/h1,7-8H,2-6H2. The molecule has 2 radical (unpaired) electrons. The highest BCUT2D eigenvalue weighted by Gasteiger charge is 2.17. The molecule has 0 spiro atoms. The second-order valence-electron chi connectivity index (χ2n) is 2.87. The topological polar surface area (TPSA) is 0 Å². The van der Waals surface area contributed by atoms with Crippen LogP contribution in [0.4, 0.5) is 0 Å². The van der Waals surface area contributed by atoms with Crippen LogP contribution in [0.25, 0.3) is 0 Å². The SMILES string of the molecule is [CH]CC1CCCC(Cl)C1. The van der Waals surface area contributed by atoms with Crippen molar-refractivity contribution in [3.05, 3.63) is 6.92 Å². The third-order valence-corrected chi connectivity index (χ3v) is 2.45. The van der Waals surface area contributed by atoms with Crippen molar-refractivity contribution in [1.82, 2.24) is 0 Å². The lowest BCUT2D eigenvalue weighted by atomic mass is 9.87. The first-order valence-corrected chi connectivity index (χ1v) is 4.10. The number of alkyl halides is 1. The minimum absolute atomic E-state index is 0.410. The van der Waals surface area contributed by atoms with E-state index in [0.717, 1.165) is 12.8 Å². The van der Waals surface area contributed by atoms with Gasteiger partial charge in [-0.3, -0.25) is 0 Å². The molecule has 9 heavy (non-hydrogen) atoms. The van der Waals surface area contributed by atoms with Crippen LogP contribution in [0.15, 0.2) is 0 Å². The second-order valence-corrected chi connectivity index (χ2v) is 3.48. The minimum atomic E-state index is 0.410. The molecule has 0 amide bonds. The molecule has 1 aliphatic rings. The molecule has 1 fully saturated rings. The van der Waals surface area contributed by atoms with E-state index < -0.39 is 0 Å². The van der Waals surface area contributed by atoms with E-state index in [-0.39, 0.29) is 0 Å². The van der Waals surface area contributed by atoms with Gasteiger partial charge in [0.05, 0.1) is 0 Å². The van der Waals surface area contributed by atoms with E-state index >= 15 is 0 Å². The predicted octanol–water partition coefficient (Wildman–Crippen LogP) is 2.89. The summed E-state index contributed by atoms with van der Waals surface area (Å²) in [6, 6.07) is 0. The van der Waals surface area contributed by atoms with Crippen LogP contribution in [-0.4, -0.2) is 5.38 Å². The molecule has 52 valence electrons. The summed E-state index contributed by atoms with van der Waals surface area (Å²) in [5, 5.41) is 0.410. The molecular formula is C8H13Cl. The zero-order valence-corrected chi connectivity index (χ0v) is 6.40. The smallest absolute Gasteiger partial charge is 0.0338 e. The molecule has 1 rings (SSSR count). The van der Waals surface area contributed by atoms with Crippen molar-refractivity contribution in [2.24, 2.45) is 5.92 Å². The van der Waals surface area contributed by atoms with E-state index in [0.29, 0.717) is 11.3 Å². The van der Waals surface area contributed by atoms with Crippen molar-refractivity contribution in [1.29, 1.82) is 0 Å². The maximum Gasteiger partial charge on any atom is 0.0338 e. The number of hydrogen-bond donors (Lipinski definition) is 0. The molecule has 1 saturated carbocycles. The van der Waals surface area contributed by atoms with E-state index in [4.69, 9.17) is 18.5 Å². The zero-order chi connectivity index (χ0) is 6.69. The molecule has 0 heterocycles. The molecule has 0 aromatic carbocycles. The lowest BCUT2D eigenvalue weighted by molar-refractivity contribution is 0.365. The van der Waals surface area contributed by atoms with E-state index in [2.05, 4.69) is 0 Å². The molecule has 2 atom stereocenters. The van der Waals surface area contributed by atoms with Gasteiger partial charge in [0.15, 0.2) is 0 Å². The Labute approximate surface area is 62.6 Å². The molecule has 1 heteroatoms. The zero-order valence-electron chi connectivity index (χ0n) is 5.65. The predicted molar refractivity (Wildman–Crippen MR) is 40.5 cm³/mol. The van der Waals surface area contributed by atoms with Crippen LogP contribution in [0.1, 0.15) is 32.1 Å². The number of rotatable bonds is 1. The lowest BCUT2D eigenvalue weighted by Crippen LogP contribution is -2.14. The molecule has 0 nitrogen and oxygen atoms in total. The first-order chi connectivity index (χ1) is 4.33. The molecule has 0 aliphatic heterocycles. The first-order valence-electron chi connectivity index (χ1n) is 3.67. The van der Waals surface area contributed by atoms with Crippen molar-refractivity contribution < 1.29 is 0 Å². The largest absolute Gasteiger partial charge is 0.123 e. The fourth-order valence-corrected chi connectivity index (χ4v) is 1.85. The minimum Gasteiger partial charge on any atom is -0.123 e. The monoisotopic (exact) mass is 144 g/mol. The van der Waals surface area contributed by atoms with Gasteiger partial charge in [0.1, 0.15) is 0 Å². The Bertz CT molecular complexity index is 80.6. The summed E-state index contributed by atoms with van der Waals surface area (Å²) in [7, 11) is 0. The normalized spacial score (nSPS) is 36.7. The maximum atomic E-state index is 5.93. The van der Waals surface area contributed by atoms with Crippen LogP contribution in [-0.2, 0) is 0 Å². The Kier molecular flexibility index (Phi) is 2.84. The molecule has 0 bridgehead atoms. The van der Waals surface area contributed by atoms with Crippen molar-refractivity contribution in [3.63, 3.8) is 0 Å². The van der Waals surface area contributed by atoms with Gasteiger partial charge < -0.3 is 0 Å². The van der Waals surface area contributed by atoms with E-state index in [1.807, 2.05) is 0 Å². The van der Waals surface area contributed by atoms with Gasteiger partial charge in [0.25, 0.3) is 0 Å². The van der Waals surface area contributed by atoms with Crippen LogP contribution in [0, 0.1) is 12.8 Å². The first kappa shape index (κ1) is 7.40. The molecule has 0 aromatic rings. The van der Waals surface area contributed by atoms with Gasteiger partial charge in [-0.1, -0.05) is 12.8 Å². The van der Waals surface area contributed by atoms with Crippen LogP contribution in [0.2, 0.25) is 0 Å². The van der Waals surface area contributed by atoms with Gasteiger partial charge >= 0.3 is 0 Å². The summed E-state index contributed by atoms with van der Waals surface area (Å²) in [6.45, 7) is 5.51. The Morgan fingerprint density at radius 1 is 1.44 bits per heavy atom. The third kappa shape index (κ3) is 2.17.